The zero-order valence-corrected chi connectivity index (χ0v) is 16.1. The summed E-state index contributed by atoms with van der Waals surface area (Å²) in [5, 5.41) is 3.39. The van der Waals surface area contributed by atoms with E-state index in [1.54, 1.807) is 31.2 Å². The van der Waals surface area contributed by atoms with Crippen molar-refractivity contribution in [2.75, 3.05) is 11.9 Å². The quantitative estimate of drug-likeness (QED) is 0.589. The minimum atomic E-state index is -0.427. The van der Waals surface area contributed by atoms with E-state index >= 15 is 0 Å². The number of ether oxygens (including phenoxy) is 1. The van der Waals surface area contributed by atoms with Gasteiger partial charge in [0.05, 0.1) is 12.2 Å². The summed E-state index contributed by atoms with van der Waals surface area (Å²) in [5.74, 6) is -0.572. The Bertz CT molecular complexity index is 919. The Kier molecular flexibility index (Phi) is 6.04. The van der Waals surface area contributed by atoms with E-state index in [1.807, 2.05) is 30.3 Å². The van der Waals surface area contributed by atoms with Gasteiger partial charge in [0, 0.05) is 16.4 Å². The molecule has 1 N–H and O–H groups in total. The van der Waals surface area contributed by atoms with Crippen molar-refractivity contribution in [2.45, 2.75) is 19.8 Å². The molecule has 3 aromatic rings. The highest BCUT2D eigenvalue weighted by atomic mass is 32.1. The van der Waals surface area contributed by atoms with Crippen LogP contribution in [-0.4, -0.2) is 18.5 Å². The number of esters is 1. The van der Waals surface area contributed by atoms with Gasteiger partial charge in [-0.1, -0.05) is 55.5 Å². The highest BCUT2D eigenvalue weighted by Crippen LogP contribution is 2.36. The van der Waals surface area contributed by atoms with Crippen molar-refractivity contribution < 1.29 is 14.3 Å². The van der Waals surface area contributed by atoms with Crippen molar-refractivity contribution in [1.29, 1.82) is 0 Å². The lowest BCUT2D eigenvalue weighted by Crippen LogP contribution is -2.14. The number of carbonyl (C=O) groups is 2. The summed E-state index contributed by atoms with van der Waals surface area (Å²) < 4.78 is 5.17. The molecule has 1 heterocycles. The monoisotopic (exact) mass is 379 g/mol. The molecule has 0 aliphatic rings. The van der Waals surface area contributed by atoms with Crippen LogP contribution in [0.4, 0.5) is 5.00 Å². The molecule has 0 radical (unpaired) electrons. The smallest absolute Gasteiger partial charge is 0.341 e. The fraction of sp³-hybridized carbons (Fsp3) is 0.182. The highest BCUT2D eigenvalue weighted by molar-refractivity contribution is 7.16. The van der Waals surface area contributed by atoms with Crippen molar-refractivity contribution in [3.8, 4) is 0 Å². The minimum Gasteiger partial charge on any atom is -0.462 e. The molecule has 138 valence electrons. The molecule has 5 heteroatoms. The average Bonchev–Trinajstić information content (AvgIpc) is 3.12. The largest absolute Gasteiger partial charge is 0.462 e. The second-order valence-electron chi connectivity index (χ2n) is 6.06. The summed E-state index contributed by atoms with van der Waals surface area (Å²) >= 11 is 1.41. The van der Waals surface area contributed by atoms with Gasteiger partial charge in [-0.05, 0) is 30.7 Å². The Morgan fingerprint density at radius 2 is 1.67 bits per heavy atom. The van der Waals surface area contributed by atoms with Crippen molar-refractivity contribution in [1.82, 2.24) is 0 Å². The number of anilines is 1. The van der Waals surface area contributed by atoms with E-state index in [2.05, 4.69) is 24.4 Å². The minimum absolute atomic E-state index is 0.103. The number of thiophene rings is 1. The van der Waals surface area contributed by atoms with Crippen LogP contribution in [0.25, 0.3) is 0 Å². The molecule has 3 rings (SSSR count). The summed E-state index contributed by atoms with van der Waals surface area (Å²) in [6, 6.07) is 20.8. The number of nitrogens with one attached hydrogen (secondary N) is 1. The lowest BCUT2D eigenvalue weighted by Gasteiger charge is -2.09. The number of carbonyl (C=O) groups excluding carboxylic acids is 2. The van der Waals surface area contributed by atoms with Crippen LogP contribution in [-0.2, 0) is 4.74 Å². The summed E-state index contributed by atoms with van der Waals surface area (Å²) in [7, 11) is 0. The second kappa shape index (κ2) is 8.64. The Morgan fingerprint density at radius 3 is 2.30 bits per heavy atom. The van der Waals surface area contributed by atoms with Gasteiger partial charge in [-0.3, -0.25) is 4.79 Å². The maximum absolute atomic E-state index is 12.5. The van der Waals surface area contributed by atoms with Gasteiger partial charge in [-0.25, -0.2) is 4.79 Å². The lowest BCUT2D eigenvalue weighted by molar-refractivity contribution is 0.0528. The fourth-order valence-corrected chi connectivity index (χ4v) is 3.87. The molecule has 1 amide bonds. The second-order valence-corrected chi connectivity index (χ2v) is 7.15. The summed E-state index contributed by atoms with van der Waals surface area (Å²) in [5.41, 5.74) is 2.08. The van der Waals surface area contributed by atoms with E-state index in [0.29, 0.717) is 16.1 Å². The molecular formula is C22H21NO3S. The first-order chi connectivity index (χ1) is 13.1. The summed E-state index contributed by atoms with van der Waals surface area (Å²) in [4.78, 5) is 25.9. The number of hydrogen-bond donors (Lipinski definition) is 1. The molecule has 27 heavy (non-hydrogen) atoms. The highest BCUT2D eigenvalue weighted by Gasteiger charge is 2.22. The predicted octanol–water partition coefficient (Wildman–Crippen LogP) is 5.33. The van der Waals surface area contributed by atoms with Crippen LogP contribution in [0.3, 0.4) is 0 Å². The van der Waals surface area contributed by atoms with Crippen LogP contribution in [0.5, 0.6) is 0 Å². The third-order valence-electron chi connectivity index (χ3n) is 4.24. The van der Waals surface area contributed by atoms with Gasteiger partial charge in [0.2, 0.25) is 0 Å². The van der Waals surface area contributed by atoms with Crippen molar-refractivity contribution in [3.63, 3.8) is 0 Å². The topological polar surface area (TPSA) is 55.4 Å². The Morgan fingerprint density at radius 1 is 1.04 bits per heavy atom. The number of hydrogen-bond acceptors (Lipinski definition) is 4. The maximum Gasteiger partial charge on any atom is 0.341 e. The zero-order valence-electron chi connectivity index (χ0n) is 15.3. The molecule has 0 unspecified atom stereocenters. The molecule has 4 nitrogen and oxygen atoms in total. The SMILES string of the molecule is CCOC(=O)c1cc([C@H](C)c2ccccc2)sc1NC(=O)c1ccccc1. The molecule has 0 saturated carbocycles. The van der Waals surface area contributed by atoms with Crippen LogP contribution in [0.15, 0.2) is 66.7 Å². The number of amides is 1. The van der Waals surface area contributed by atoms with Gasteiger partial charge in [-0.15, -0.1) is 11.3 Å². The first-order valence-corrected chi connectivity index (χ1v) is 9.64. The summed E-state index contributed by atoms with van der Waals surface area (Å²) in [6.07, 6.45) is 0. The van der Waals surface area contributed by atoms with Crippen molar-refractivity contribution in [3.05, 3.63) is 88.3 Å². The van der Waals surface area contributed by atoms with Gasteiger partial charge in [0.25, 0.3) is 5.91 Å². The van der Waals surface area contributed by atoms with E-state index in [4.69, 9.17) is 4.74 Å². The predicted molar refractivity (Wildman–Crippen MR) is 109 cm³/mol. The van der Waals surface area contributed by atoms with Gasteiger partial charge in [-0.2, -0.15) is 0 Å². The molecule has 0 spiro atoms. The molecular weight excluding hydrogens is 358 g/mol. The van der Waals surface area contributed by atoms with Gasteiger partial charge in [0.15, 0.2) is 0 Å². The van der Waals surface area contributed by atoms with E-state index in [9.17, 15) is 9.59 Å². The molecule has 0 aliphatic carbocycles. The molecule has 0 bridgehead atoms. The lowest BCUT2D eigenvalue weighted by atomic mass is 9.99. The first kappa shape index (κ1) is 18.9. The molecule has 1 atom stereocenters. The van der Waals surface area contributed by atoms with Gasteiger partial charge < -0.3 is 10.1 Å². The van der Waals surface area contributed by atoms with Crippen LogP contribution in [0.2, 0.25) is 0 Å². The standard InChI is InChI=1S/C22H21NO3S/c1-3-26-22(25)18-14-19(15(2)16-10-6-4-7-11-16)27-21(18)23-20(24)17-12-8-5-9-13-17/h4-15H,3H2,1-2H3,(H,23,24)/t15-/m1/s1. The van der Waals surface area contributed by atoms with Crippen LogP contribution in [0, 0.1) is 0 Å². The molecule has 2 aromatic carbocycles. The zero-order chi connectivity index (χ0) is 19.2. The first-order valence-electron chi connectivity index (χ1n) is 8.82. The van der Waals surface area contributed by atoms with E-state index in [0.717, 1.165) is 10.4 Å². The Labute approximate surface area is 162 Å². The third kappa shape index (κ3) is 4.44. The summed E-state index contributed by atoms with van der Waals surface area (Å²) in [6.45, 7) is 4.13. The Balaban J connectivity index is 1.92. The van der Waals surface area contributed by atoms with Crippen molar-refractivity contribution in [2.24, 2.45) is 0 Å². The number of benzene rings is 2. The Hall–Kier alpha value is -2.92. The van der Waals surface area contributed by atoms with Gasteiger partial charge >= 0.3 is 5.97 Å². The van der Waals surface area contributed by atoms with Crippen LogP contribution >= 0.6 is 11.3 Å². The van der Waals surface area contributed by atoms with E-state index in [-0.39, 0.29) is 18.4 Å². The number of rotatable bonds is 6. The van der Waals surface area contributed by atoms with Crippen molar-refractivity contribution >= 4 is 28.2 Å². The average molecular weight is 379 g/mol. The normalized spacial score (nSPS) is 11.6. The molecule has 0 aliphatic heterocycles. The molecule has 0 fully saturated rings. The van der Waals surface area contributed by atoms with E-state index in [1.165, 1.54) is 11.3 Å². The van der Waals surface area contributed by atoms with Crippen LogP contribution < -0.4 is 5.32 Å². The fourth-order valence-electron chi connectivity index (χ4n) is 2.75. The molecule has 1 aromatic heterocycles. The van der Waals surface area contributed by atoms with Gasteiger partial charge in [0.1, 0.15) is 5.00 Å². The molecule has 0 saturated heterocycles. The maximum atomic E-state index is 12.5. The van der Waals surface area contributed by atoms with Crippen LogP contribution in [0.1, 0.15) is 50.9 Å². The third-order valence-corrected chi connectivity index (χ3v) is 5.47. The van der Waals surface area contributed by atoms with E-state index < -0.39 is 5.97 Å².